The van der Waals surface area contributed by atoms with Gasteiger partial charge in [0.05, 0.1) is 7.11 Å². The lowest BCUT2D eigenvalue weighted by Crippen LogP contribution is -2.02. The molecule has 0 unspecified atom stereocenters. The Morgan fingerprint density at radius 3 is 2.20 bits per heavy atom. The molecule has 0 aromatic heterocycles. The first-order chi connectivity index (χ1) is 2.27. The lowest BCUT2D eigenvalue weighted by Gasteiger charge is -1.91. The SMILES string of the molecule is CON(O)F. The van der Waals surface area contributed by atoms with Crippen LogP contribution in [-0.2, 0) is 4.84 Å². The Labute approximate surface area is 28.4 Å². The summed E-state index contributed by atoms with van der Waals surface area (Å²) in [5, 5.41) is 7.31. The highest BCUT2D eigenvalue weighted by molar-refractivity contribution is 3.52. The Morgan fingerprint density at radius 2 is 2.20 bits per heavy atom. The average Bonchev–Trinajstić information content (AvgIpc) is 1.38. The molecule has 0 amide bonds. The minimum Gasteiger partial charge on any atom is -0.262 e. The molecule has 0 aliphatic carbocycles. The topological polar surface area (TPSA) is 32.7 Å². The monoisotopic (exact) mass is 81.0 g/mol. The Bertz CT molecular complexity index is 23.6. The third-order valence-corrected chi connectivity index (χ3v) is 0.151. The van der Waals surface area contributed by atoms with Crippen LogP contribution in [0.15, 0.2) is 0 Å². The fraction of sp³-hybridized carbons (Fsp3) is 1.00. The van der Waals surface area contributed by atoms with Gasteiger partial charge in [-0.1, -0.05) is 4.48 Å². The lowest BCUT2D eigenvalue weighted by atomic mass is 11.7. The quantitative estimate of drug-likeness (QED) is 0.359. The van der Waals surface area contributed by atoms with Gasteiger partial charge in [-0.05, 0) is 0 Å². The van der Waals surface area contributed by atoms with Crippen LogP contribution >= 0.6 is 0 Å². The molecule has 3 nitrogen and oxygen atoms in total. The fourth-order valence-corrected chi connectivity index (χ4v) is 0. The number of rotatable bonds is 1. The van der Waals surface area contributed by atoms with Crippen molar-refractivity contribution in [2.45, 2.75) is 0 Å². The number of hydrogen-bond donors (Lipinski definition) is 1. The maximum atomic E-state index is 10.6. The molecule has 0 aliphatic heterocycles. The number of hydrogen-bond acceptors (Lipinski definition) is 3. The normalized spacial score (nSPS) is 9.60. The van der Waals surface area contributed by atoms with E-state index in [0.29, 0.717) is 0 Å². The van der Waals surface area contributed by atoms with E-state index in [9.17, 15) is 4.48 Å². The third kappa shape index (κ3) is 3.81. The highest BCUT2D eigenvalue weighted by atomic mass is 19.2. The second kappa shape index (κ2) is 2.07. The van der Waals surface area contributed by atoms with Crippen molar-refractivity contribution in [3.63, 3.8) is 0 Å². The predicted molar refractivity (Wildman–Crippen MR) is 11.7 cm³/mol. The van der Waals surface area contributed by atoms with Gasteiger partial charge in [-0.3, -0.25) is 10.0 Å². The first-order valence-corrected chi connectivity index (χ1v) is 0.960. The van der Waals surface area contributed by atoms with E-state index in [4.69, 9.17) is 5.21 Å². The van der Waals surface area contributed by atoms with Crippen molar-refractivity contribution in [2.24, 2.45) is 0 Å². The molecule has 0 radical (unpaired) electrons. The maximum absolute atomic E-state index is 10.6. The molecule has 0 fully saturated rings. The van der Waals surface area contributed by atoms with Gasteiger partial charge in [0.15, 0.2) is 0 Å². The Kier molecular flexibility index (Phi) is 1.99. The highest BCUT2D eigenvalue weighted by Crippen LogP contribution is 1.73. The van der Waals surface area contributed by atoms with Crippen LogP contribution in [0.3, 0.4) is 0 Å². The third-order valence-electron chi connectivity index (χ3n) is 0.151. The standard InChI is InChI=1S/CH4FNO2/c1-5-3(2)4/h4H,1H3. The van der Waals surface area contributed by atoms with E-state index in [1.165, 1.54) is 0 Å². The summed E-state index contributed by atoms with van der Waals surface area (Å²) in [5.41, 5.74) is -0.875. The Balaban J connectivity index is 2.54. The van der Waals surface area contributed by atoms with Crippen LogP contribution in [-0.4, -0.2) is 17.8 Å². The number of halogens is 1. The average molecular weight is 81.0 g/mol. The van der Waals surface area contributed by atoms with E-state index in [1.54, 1.807) is 0 Å². The summed E-state index contributed by atoms with van der Waals surface area (Å²) < 4.78 is 10.6. The minimum absolute atomic E-state index is 0.875. The summed E-state index contributed by atoms with van der Waals surface area (Å²) in [6.45, 7) is 0. The molecule has 1 N–H and O–H groups in total. The summed E-state index contributed by atoms with van der Waals surface area (Å²) in [6.07, 6.45) is 0. The summed E-state index contributed by atoms with van der Waals surface area (Å²) >= 11 is 0. The van der Waals surface area contributed by atoms with E-state index in [2.05, 4.69) is 4.84 Å². The molecule has 32 valence electrons. The first-order valence-electron chi connectivity index (χ1n) is 0.960. The molecule has 0 atom stereocenters. The minimum atomic E-state index is -0.875. The second-order valence-electron chi connectivity index (χ2n) is 0.409. The zero-order valence-corrected chi connectivity index (χ0v) is 2.68. The lowest BCUT2D eigenvalue weighted by molar-refractivity contribution is -0.433. The Hall–Kier alpha value is -0.190. The van der Waals surface area contributed by atoms with Crippen LogP contribution < -0.4 is 0 Å². The van der Waals surface area contributed by atoms with Crippen LogP contribution in [0.5, 0.6) is 0 Å². The predicted octanol–water partition coefficient (Wildman–Crippen LogP) is 0.123. The molecule has 4 heteroatoms. The molecular weight excluding hydrogens is 77.0 g/mol. The van der Waals surface area contributed by atoms with Crippen molar-refractivity contribution in [1.29, 1.82) is 0 Å². The Morgan fingerprint density at radius 1 is 2.00 bits per heavy atom. The van der Waals surface area contributed by atoms with Gasteiger partial charge in [-0.15, -0.1) is 0 Å². The van der Waals surface area contributed by atoms with Crippen LogP contribution in [0, 0.1) is 0 Å². The van der Waals surface area contributed by atoms with E-state index >= 15 is 0 Å². The van der Waals surface area contributed by atoms with Crippen molar-refractivity contribution >= 4 is 0 Å². The largest absolute Gasteiger partial charge is 0.262 e. The van der Waals surface area contributed by atoms with Gasteiger partial charge in [-0.25, -0.2) is 0 Å². The van der Waals surface area contributed by atoms with E-state index in [0.717, 1.165) is 7.11 Å². The summed E-state index contributed by atoms with van der Waals surface area (Å²) in [5.74, 6) is 0. The molecule has 0 rings (SSSR count). The van der Waals surface area contributed by atoms with Crippen molar-refractivity contribution in [3.05, 3.63) is 0 Å². The summed E-state index contributed by atoms with van der Waals surface area (Å²) in [7, 11) is 1.00. The molecule has 0 aliphatic rings. The van der Waals surface area contributed by atoms with Gasteiger partial charge < -0.3 is 0 Å². The molecule has 0 saturated heterocycles. The van der Waals surface area contributed by atoms with E-state index in [1.807, 2.05) is 0 Å². The molecule has 0 heterocycles. The fourth-order valence-electron chi connectivity index (χ4n) is 0. The first kappa shape index (κ1) is 4.81. The van der Waals surface area contributed by atoms with Crippen molar-refractivity contribution in [2.75, 3.05) is 7.11 Å². The van der Waals surface area contributed by atoms with Gasteiger partial charge in [0, 0.05) is 0 Å². The van der Waals surface area contributed by atoms with Gasteiger partial charge in [0.25, 0.3) is 0 Å². The molecule has 0 saturated carbocycles. The van der Waals surface area contributed by atoms with Crippen LogP contribution in [0.1, 0.15) is 0 Å². The number of nitrogens with zero attached hydrogens (tertiary/aromatic N) is 1. The zero-order chi connectivity index (χ0) is 4.28. The highest BCUT2D eigenvalue weighted by Gasteiger charge is 1.81. The van der Waals surface area contributed by atoms with Crippen LogP contribution in [0.2, 0.25) is 0 Å². The molecule has 0 aromatic carbocycles. The van der Waals surface area contributed by atoms with Crippen molar-refractivity contribution in [3.8, 4) is 0 Å². The van der Waals surface area contributed by atoms with E-state index < -0.39 is 5.45 Å². The molecular formula is CH4FNO2. The van der Waals surface area contributed by atoms with Gasteiger partial charge in [0.2, 0.25) is 0 Å². The van der Waals surface area contributed by atoms with Gasteiger partial charge in [0.1, 0.15) is 5.45 Å². The smallest absolute Gasteiger partial charge is 0.116 e. The molecule has 0 spiro atoms. The van der Waals surface area contributed by atoms with E-state index in [-0.39, 0.29) is 0 Å². The summed E-state index contributed by atoms with van der Waals surface area (Å²) in [4.78, 5) is 3.47. The van der Waals surface area contributed by atoms with Crippen molar-refractivity contribution in [1.82, 2.24) is 5.45 Å². The van der Waals surface area contributed by atoms with Crippen molar-refractivity contribution < 1.29 is 14.5 Å². The second-order valence-corrected chi connectivity index (χ2v) is 0.409. The maximum Gasteiger partial charge on any atom is 0.116 e. The zero-order valence-electron chi connectivity index (χ0n) is 2.68. The van der Waals surface area contributed by atoms with Gasteiger partial charge in [-0.2, -0.15) is 0 Å². The van der Waals surface area contributed by atoms with Crippen LogP contribution in [0.25, 0.3) is 0 Å². The van der Waals surface area contributed by atoms with Gasteiger partial charge >= 0.3 is 0 Å². The molecule has 0 aromatic rings. The molecule has 5 heavy (non-hydrogen) atoms. The van der Waals surface area contributed by atoms with Crippen LogP contribution in [0.4, 0.5) is 4.48 Å². The molecule has 0 bridgehead atoms. The summed E-state index contributed by atoms with van der Waals surface area (Å²) in [6, 6.07) is 0.